The summed E-state index contributed by atoms with van der Waals surface area (Å²) >= 11 is 0. The Morgan fingerprint density at radius 1 is 1.21 bits per heavy atom. The van der Waals surface area contributed by atoms with Gasteiger partial charge in [-0.3, -0.25) is 0 Å². The molecule has 1 aromatic carbocycles. The van der Waals surface area contributed by atoms with Gasteiger partial charge in [0.25, 0.3) is 0 Å². The SMILES string of the molecule is CCn1cncc1CNc1ccc(C(F)(F)F)cc1. The van der Waals surface area contributed by atoms with Crippen LogP contribution in [0.25, 0.3) is 0 Å². The Kier molecular flexibility index (Phi) is 3.78. The summed E-state index contributed by atoms with van der Waals surface area (Å²) in [5.74, 6) is 0. The standard InChI is InChI=1S/C13H14F3N3/c1-2-19-9-17-7-12(19)8-18-11-5-3-10(4-6-11)13(14,15)16/h3-7,9,18H,2,8H2,1H3. The van der Waals surface area contributed by atoms with Crippen LogP contribution in [-0.2, 0) is 19.3 Å². The van der Waals surface area contributed by atoms with Gasteiger partial charge in [0, 0.05) is 18.4 Å². The number of hydrogen-bond donors (Lipinski definition) is 1. The summed E-state index contributed by atoms with van der Waals surface area (Å²) in [7, 11) is 0. The van der Waals surface area contributed by atoms with E-state index in [1.54, 1.807) is 12.5 Å². The predicted molar refractivity (Wildman–Crippen MR) is 66.7 cm³/mol. The molecule has 0 aliphatic rings. The van der Waals surface area contributed by atoms with Crippen molar-refractivity contribution < 1.29 is 13.2 Å². The maximum Gasteiger partial charge on any atom is 0.416 e. The Morgan fingerprint density at radius 2 is 1.89 bits per heavy atom. The van der Waals surface area contributed by atoms with Gasteiger partial charge in [-0.1, -0.05) is 0 Å². The summed E-state index contributed by atoms with van der Waals surface area (Å²) in [6.45, 7) is 3.34. The minimum Gasteiger partial charge on any atom is -0.379 e. The van der Waals surface area contributed by atoms with Crippen molar-refractivity contribution in [2.75, 3.05) is 5.32 Å². The Hall–Kier alpha value is -1.98. The molecule has 6 heteroatoms. The van der Waals surface area contributed by atoms with Crippen LogP contribution < -0.4 is 5.32 Å². The molecule has 0 atom stereocenters. The van der Waals surface area contributed by atoms with Gasteiger partial charge in [0.15, 0.2) is 0 Å². The summed E-state index contributed by atoms with van der Waals surface area (Å²) in [6, 6.07) is 4.99. The van der Waals surface area contributed by atoms with Gasteiger partial charge in [-0.25, -0.2) is 4.98 Å². The largest absolute Gasteiger partial charge is 0.416 e. The lowest BCUT2D eigenvalue weighted by Gasteiger charge is -2.10. The molecule has 3 nitrogen and oxygen atoms in total. The van der Waals surface area contributed by atoms with Crippen molar-refractivity contribution in [3.8, 4) is 0 Å². The van der Waals surface area contributed by atoms with Crippen molar-refractivity contribution >= 4 is 5.69 Å². The zero-order valence-corrected chi connectivity index (χ0v) is 10.4. The van der Waals surface area contributed by atoms with Crippen LogP contribution in [0.5, 0.6) is 0 Å². The number of anilines is 1. The molecular weight excluding hydrogens is 255 g/mol. The number of halogens is 3. The highest BCUT2D eigenvalue weighted by Crippen LogP contribution is 2.29. The first-order valence-electron chi connectivity index (χ1n) is 5.91. The van der Waals surface area contributed by atoms with Crippen LogP contribution in [0.3, 0.4) is 0 Å². The third-order valence-corrected chi connectivity index (χ3v) is 2.83. The monoisotopic (exact) mass is 269 g/mol. The van der Waals surface area contributed by atoms with Crippen molar-refractivity contribution in [2.24, 2.45) is 0 Å². The Labute approximate surface area is 109 Å². The minimum absolute atomic E-state index is 0.527. The maximum atomic E-state index is 12.4. The van der Waals surface area contributed by atoms with Crippen molar-refractivity contribution in [2.45, 2.75) is 26.2 Å². The fourth-order valence-corrected chi connectivity index (χ4v) is 1.75. The Morgan fingerprint density at radius 3 is 2.47 bits per heavy atom. The highest BCUT2D eigenvalue weighted by atomic mass is 19.4. The van der Waals surface area contributed by atoms with Gasteiger partial charge >= 0.3 is 6.18 Å². The molecule has 0 spiro atoms. The van der Waals surface area contributed by atoms with Crippen molar-refractivity contribution in [1.82, 2.24) is 9.55 Å². The van der Waals surface area contributed by atoms with E-state index < -0.39 is 11.7 Å². The molecule has 102 valence electrons. The normalized spacial score (nSPS) is 11.6. The molecule has 0 saturated heterocycles. The average molecular weight is 269 g/mol. The third kappa shape index (κ3) is 3.27. The molecule has 0 unspecified atom stereocenters. The Balaban J connectivity index is 2.01. The number of nitrogens with zero attached hydrogens (tertiary/aromatic N) is 2. The summed E-state index contributed by atoms with van der Waals surface area (Å²) in [4.78, 5) is 4.03. The number of hydrogen-bond acceptors (Lipinski definition) is 2. The second kappa shape index (κ2) is 5.34. The first-order valence-corrected chi connectivity index (χ1v) is 5.91. The fourth-order valence-electron chi connectivity index (χ4n) is 1.75. The number of aromatic nitrogens is 2. The molecule has 1 heterocycles. The molecule has 2 aromatic rings. The van der Waals surface area contributed by atoms with Gasteiger partial charge in [-0.2, -0.15) is 13.2 Å². The maximum absolute atomic E-state index is 12.4. The summed E-state index contributed by atoms with van der Waals surface area (Å²) in [5.41, 5.74) is 0.996. The number of imidazole rings is 1. The molecule has 0 saturated carbocycles. The summed E-state index contributed by atoms with van der Waals surface area (Å²) in [5, 5.41) is 3.07. The van der Waals surface area contributed by atoms with Gasteiger partial charge in [0.1, 0.15) is 0 Å². The van der Waals surface area contributed by atoms with Crippen LogP contribution in [0, 0.1) is 0 Å². The van der Waals surface area contributed by atoms with E-state index in [0.717, 1.165) is 24.4 Å². The Bertz CT molecular complexity index is 529. The first-order chi connectivity index (χ1) is 9.00. The number of benzene rings is 1. The summed E-state index contributed by atoms with van der Waals surface area (Å²) < 4.78 is 39.2. The van der Waals surface area contributed by atoms with Crippen LogP contribution in [-0.4, -0.2) is 9.55 Å². The minimum atomic E-state index is -4.29. The quantitative estimate of drug-likeness (QED) is 0.920. The van der Waals surface area contributed by atoms with Gasteiger partial charge in [-0.05, 0) is 31.2 Å². The highest BCUT2D eigenvalue weighted by molar-refractivity contribution is 5.45. The zero-order chi connectivity index (χ0) is 13.9. The summed E-state index contributed by atoms with van der Waals surface area (Å²) in [6.07, 6.45) is -0.830. The van der Waals surface area contributed by atoms with Gasteiger partial charge in [-0.15, -0.1) is 0 Å². The molecular formula is C13H14F3N3. The van der Waals surface area contributed by atoms with E-state index in [-0.39, 0.29) is 0 Å². The van der Waals surface area contributed by atoms with E-state index in [1.807, 2.05) is 11.5 Å². The fraction of sp³-hybridized carbons (Fsp3) is 0.308. The molecule has 2 rings (SSSR count). The molecule has 0 amide bonds. The van der Waals surface area contributed by atoms with E-state index in [1.165, 1.54) is 12.1 Å². The first kappa shape index (κ1) is 13.5. The number of rotatable bonds is 4. The van der Waals surface area contributed by atoms with Crippen molar-refractivity contribution in [3.63, 3.8) is 0 Å². The molecule has 0 bridgehead atoms. The van der Waals surface area contributed by atoms with Crippen LogP contribution in [0.15, 0.2) is 36.8 Å². The van der Waals surface area contributed by atoms with Gasteiger partial charge in [0.2, 0.25) is 0 Å². The second-order valence-corrected chi connectivity index (χ2v) is 4.10. The van der Waals surface area contributed by atoms with Gasteiger partial charge in [0.05, 0.1) is 24.1 Å². The molecule has 19 heavy (non-hydrogen) atoms. The van der Waals surface area contributed by atoms with Gasteiger partial charge < -0.3 is 9.88 Å². The molecule has 0 aliphatic carbocycles. The van der Waals surface area contributed by atoms with Crippen molar-refractivity contribution in [1.29, 1.82) is 0 Å². The highest BCUT2D eigenvalue weighted by Gasteiger charge is 2.29. The van der Waals surface area contributed by atoms with E-state index >= 15 is 0 Å². The molecule has 1 aromatic heterocycles. The van der Waals surface area contributed by atoms with E-state index in [4.69, 9.17) is 0 Å². The lowest BCUT2D eigenvalue weighted by molar-refractivity contribution is -0.137. The van der Waals surface area contributed by atoms with Crippen molar-refractivity contribution in [3.05, 3.63) is 48.0 Å². The lowest BCUT2D eigenvalue weighted by Crippen LogP contribution is -2.07. The van der Waals surface area contributed by atoms with E-state index in [2.05, 4.69) is 10.3 Å². The average Bonchev–Trinajstić information content (AvgIpc) is 2.83. The second-order valence-electron chi connectivity index (χ2n) is 4.10. The van der Waals surface area contributed by atoms with Crippen LogP contribution in [0.4, 0.5) is 18.9 Å². The third-order valence-electron chi connectivity index (χ3n) is 2.83. The molecule has 1 N–H and O–H groups in total. The number of alkyl halides is 3. The molecule has 0 aliphatic heterocycles. The predicted octanol–water partition coefficient (Wildman–Crippen LogP) is 3.53. The number of aryl methyl sites for hydroxylation is 1. The molecule has 0 fully saturated rings. The van der Waals surface area contributed by atoms with E-state index in [0.29, 0.717) is 12.2 Å². The van der Waals surface area contributed by atoms with Crippen LogP contribution in [0.2, 0.25) is 0 Å². The topological polar surface area (TPSA) is 29.9 Å². The molecule has 0 radical (unpaired) electrons. The number of nitrogens with one attached hydrogen (secondary N) is 1. The van der Waals surface area contributed by atoms with E-state index in [9.17, 15) is 13.2 Å². The smallest absolute Gasteiger partial charge is 0.379 e. The van der Waals surface area contributed by atoms with Crippen LogP contribution in [0.1, 0.15) is 18.2 Å². The zero-order valence-electron chi connectivity index (χ0n) is 10.4. The lowest BCUT2D eigenvalue weighted by atomic mass is 10.2. The van der Waals surface area contributed by atoms with Crippen LogP contribution >= 0.6 is 0 Å².